The van der Waals surface area contributed by atoms with Crippen LogP contribution >= 0.6 is 34.4 Å². The highest BCUT2D eigenvalue weighted by Gasteiger charge is 2.19. The topological polar surface area (TPSA) is 42.5 Å². The summed E-state index contributed by atoms with van der Waals surface area (Å²) < 4.78 is 2.32. The van der Waals surface area contributed by atoms with Crippen molar-refractivity contribution < 1.29 is 0 Å². The summed E-state index contributed by atoms with van der Waals surface area (Å²) in [7, 11) is 0. The largest absolute Gasteiger partial charge is 0.290 e. The number of aryl methyl sites for hydroxylation is 1. The minimum Gasteiger partial charge on any atom is -0.290 e. The standard InChI is InChI=1S/C10H9IN4S/c1-6-2-12-10-13-7(4-15(10)3-6)9-14-8(11)5-16-9/h2-4,8H,5H2,1H3/t8-/m0/s1. The zero-order chi connectivity index (χ0) is 11.1. The smallest absolute Gasteiger partial charge is 0.234 e. The van der Waals surface area contributed by atoms with Gasteiger partial charge >= 0.3 is 0 Å². The van der Waals surface area contributed by atoms with Crippen molar-refractivity contribution in [1.82, 2.24) is 14.4 Å². The molecular weight excluding hydrogens is 335 g/mol. The second-order valence-corrected chi connectivity index (χ2v) is 6.09. The van der Waals surface area contributed by atoms with Crippen LogP contribution in [0.25, 0.3) is 5.78 Å². The lowest BCUT2D eigenvalue weighted by Gasteiger charge is -1.92. The van der Waals surface area contributed by atoms with Crippen LogP contribution in [0.2, 0.25) is 0 Å². The third kappa shape index (κ3) is 1.84. The van der Waals surface area contributed by atoms with Gasteiger partial charge in [0.2, 0.25) is 5.78 Å². The molecule has 1 aliphatic heterocycles. The number of halogens is 1. The van der Waals surface area contributed by atoms with Gasteiger partial charge in [0, 0.05) is 24.3 Å². The Labute approximate surface area is 111 Å². The summed E-state index contributed by atoms with van der Waals surface area (Å²) in [5.41, 5.74) is 2.06. The van der Waals surface area contributed by atoms with Crippen LogP contribution in [-0.2, 0) is 0 Å². The fraction of sp³-hybridized carbons (Fsp3) is 0.300. The van der Waals surface area contributed by atoms with Gasteiger partial charge in [0.1, 0.15) is 14.8 Å². The highest BCUT2D eigenvalue weighted by molar-refractivity contribution is 14.1. The molecule has 4 nitrogen and oxygen atoms in total. The maximum Gasteiger partial charge on any atom is 0.234 e. The van der Waals surface area contributed by atoms with Crippen molar-refractivity contribution >= 4 is 45.2 Å². The summed E-state index contributed by atoms with van der Waals surface area (Å²) >= 11 is 4.10. The predicted molar refractivity (Wildman–Crippen MR) is 74.5 cm³/mol. The Morgan fingerprint density at radius 1 is 1.50 bits per heavy atom. The number of nitrogens with zero attached hydrogens (tertiary/aromatic N) is 4. The SMILES string of the molecule is Cc1cnc2nc(C3=N[C@H](I)CS3)cn2c1. The Balaban J connectivity index is 2.09. The van der Waals surface area contributed by atoms with Crippen LogP contribution in [-0.4, -0.2) is 29.2 Å². The van der Waals surface area contributed by atoms with Crippen molar-refractivity contribution in [1.29, 1.82) is 0 Å². The van der Waals surface area contributed by atoms with Gasteiger partial charge in [0.05, 0.1) is 0 Å². The number of thioether (sulfide) groups is 1. The van der Waals surface area contributed by atoms with Gasteiger partial charge in [-0.15, -0.1) is 11.8 Å². The summed E-state index contributed by atoms with van der Waals surface area (Å²) in [6.07, 6.45) is 5.85. The number of hydrogen-bond acceptors (Lipinski definition) is 4. The number of aliphatic imine (C=N–C) groups is 1. The van der Waals surface area contributed by atoms with Crippen molar-refractivity contribution in [3.63, 3.8) is 0 Å². The van der Waals surface area contributed by atoms with Crippen molar-refractivity contribution in [3.05, 3.63) is 29.8 Å². The van der Waals surface area contributed by atoms with Crippen LogP contribution in [0.4, 0.5) is 0 Å². The summed E-state index contributed by atoms with van der Waals surface area (Å²) in [5, 5.41) is 1.03. The molecule has 3 rings (SSSR count). The molecule has 0 radical (unpaired) electrons. The first-order valence-corrected chi connectivity index (χ1v) is 7.12. The normalized spacial score (nSPS) is 20.4. The lowest BCUT2D eigenvalue weighted by Crippen LogP contribution is -1.91. The van der Waals surface area contributed by atoms with Crippen molar-refractivity contribution in [2.45, 2.75) is 11.0 Å². The van der Waals surface area contributed by atoms with E-state index in [9.17, 15) is 0 Å². The molecule has 0 spiro atoms. The molecule has 1 aliphatic rings. The minimum absolute atomic E-state index is 0.372. The van der Waals surface area contributed by atoms with Gasteiger partial charge < -0.3 is 0 Å². The Hall–Kier alpha value is -0.630. The summed E-state index contributed by atoms with van der Waals surface area (Å²) in [6.45, 7) is 2.02. The molecule has 0 saturated heterocycles. The summed E-state index contributed by atoms with van der Waals surface area (Å²) in [5.74, 6) is 1.77. The number of alkyl halides is 1. The number of hydrogen-bond donors (Lipinski definition) is 0. The molecule has 0 saturated carbocycles. The lowest BCUT2D eigenvalue weighted by atomic mass is 10.4. The quantitative estimate of drug-likeness (QED) is 0.453. The van der Waals surface area contributed by atoms with Crippen molar-refractivity contribution in [2.24, 2.45) is 4.99 Å². The number of fused-ring (bicyclic) bond motifs is 1. The molecule has 1 atom stereocenters. The van der Waals surface area contributed by atoms with Gasteiger partial charge in [0.15, 0.2) is 0 Å². The average Bonchev–Trinajstić information content (AvgIpc) is 2.83. The van der Waals surface area contributed by atoms with Crippen LogP contribution in [0.5, 0.6) is 0 Å². The van der Waals surface area contributed by atoms with Crippen LogP contribution in [0, 0.1) is 6.92 Å². The molecule has 0 bridgehead atoms. The Bertz CT molecular complexity index is 577. The van der Waals surface area contributed by atoms with E-state index in [0.29, 0.717) is 4.05 Å². The molecule has 0 unspecified atom stereocenters. The third-order valence-electron chi connectivity index (χ3n) is 2.27. The number of rotatable bonds is 1. The first kappa shape index (κ1) is 10.5. The monoisotopic (exact) mass is 344 g/mol. The molecule has 0 amide bonds. The van der Waals surface area contributed by atoms with Crippen molar-refractivity contribution in [2.75, 3.05) is 5.75 Å². The molecule has 0 aromatic carbocycles. The fourth-order valence-electron chi connectivity index (χ4n) is 1.58. The van der Waals surface area contributed by atoms with E-state index < -0.39 is 0 Å². The van der Waals surface area contributed by atoms with Gasteiger partial charge in [-0.1, -0.05) is 22.6 Å². The van der Waals surface area contributed by atoms with Crippen LogP contribution < -0.4 is 0 Å². The van der Waals surface area contributed by atoms with Gasteiger partial charge in [0.25, 0.3) is 0 Å². The molecule has 3 heterocycles. The molecular formula is C10H9IN4S. The minimum atomic E-state index is 0.372. The first-order valence-electron chi connectivity index (χ1n) is 4.89. The van der Waals surface area contributed by atoms with Crippen LogP contribution in [0.1, 0.15) is 11.3 Å². The molecule has 0 fully saturated rings. The van der Waals surface area contributed by atoms with Gasteiger partial charge in [-0.25, -0.2) is 9.97 Å². The van der Waals surface area contributed by atoms with Gasteiger partial charge in [-0.05, 0) is 12.5 Å². The number of aromatic nitrogens is 3. The molecule has 0 N–H and O–H groups in total. The van der Waals surface area contributed by atoms with E-state index in [0.717, 1.165) is 27.8 Å². The van der Waals surface area contributed by atoms with E-state index in [2.05, 4.69) is 37.6 Å². The first-order chi connectivity index (χ1) is 7.72. The van der Waals surface area contributed by atoms with E-state index in [1.165, 1.54) is 0 Å². The van der Waals surface area contributed by atoms with Crippen molar-refractivity contribution in [3.8, 4) is 0 Å². The van der Waals surface area contributed by atoms with E-state index in [4.69, 9.17) is 0 Å². The van der Waals surface area contributed by atoms with E-state index in [1.807, 2.05) is 29.9 Å². The molecule has 2 aromatic rings. The van der Waals surface area contributed by atoms with Crippen LogP contribution in [0.3, 0.4) is 0 Å². The highest BCUT2D eigenvalue weighted by atomic mass is 127. The molecule has 0 aliphatic carbocycles. The second-order valence-electron chi connectivity index (χ2n) is 3.64. The highest BCUT2D eigenvalue weighted by Crippen LogP contribution is 2.26. The maximum atomic E-state index is 4.54. The second kappa shape index (κ2) is 3.99. The Morgan fingerprint density at radius 2 is 2.38 bits per heavy atom. The van der Waals surface area contributed by atoms with Gasteiger partial charge in [-0.2, -0.15) is 0 Å². The maximum absolute atomic E-state index is 4.54. The average molecular weight is 344 g/mol. The molecule has 16 heavy (non-hydrogen) atoms. The fourth-order valence-corrected chi connectivity index (χ4v) is 3.40. The Morgan fingerprint density at radius 3 is 3.12 bits per heavy atom. The third-order valence-corrected chi connectivity index (χ3v) is 4.66. The zero-order valence-corrected chi connectivity index (χ0v) is 11.6. The molecule has 6 heteroatoms. The van der Waals surface area contributed by atoms with Crippen LogP contribution in [0.15, 0.2) is 23.6 Å². The summed E-state index contributed by atoms with van der Waals surface area (Å²) in [4.78, 5) is 13.3. The predicted octanol–water partition coefficient (Wildman–Crippen LogP) is 2.29. The molecule has 82 valence electrons. The molecule has 2 aromatic heterocycles. The summed E-state index contributed by atoms with van der Waals surface area (Å²) in [6, 6.07) is 0. The van der Waals surface area contributed by atoms with Gasteiger partial charge in [-0.3, -0.25) is 9.39 Å². The van der Waals surface area contributed by atoms with E-state index in [-0.39, 0.29) is 0 Å². The Kier molecular flexibility index (Phi) is 2.62. The number of imidazole rings is 1. The van der Waals surface area contributed by atoms with E-state index in [1.54, 1.807) is 11.8 Å². The zero-order valence-electron chi connectivity index (χ0n) is 8.59. The lowest BCUT2D eigenvalue weighted by molar-refractivity contribution is 1.08. The van der Waals surface area contributed by atoms with E-state index >= 15 is 0 Å².